The number of pyridine rings is 1. The van der Waals surface area contributed by atoms with Crippen LogP contribution in [-0.2, 0) is 0 Å². The van der Waals surface area contributed by atoms with E-state index in [1.807, 2.05) is 17.5 Å². The molecule has 0 aliphatic heterocycles. The number of aromatic nitrogens is 1. The van der Waals surface area contributed by atoms with Gasteiger partial charge in [0, 0.05) is 11.6 Å². The number of hydrogen-bond acceptors (Lipinski definition) is 3. The third-order valence-electron chi connectivity index (χ3n) is 1.96. The first-order valence-corrected chi connectivity index (χ1v) is 7.37. The van der Waals surface area contributed by atoms with E-state index in [1.54, 1.807) is 11.3 Å². The van der Waals surface area contributed by atoms with E-state index >= 15 is 0 Å². The van der Waals surface area contributed by atoms with Crippen molar-refractivity contribution in [2.24, 2.45) is 0 Å². The van der Waals surface area contributed by atoms with Crippen LogP contribution in [0.1, 0.15) is 0 Å². The Morgan fingerprint density at radius 2 is 2.07 bits per heavy atom. The summed E-state index contributed by atoms with van der Waals surface area (Å²) in [5.74, 6) is 0. The van der Waals surface area contributed by atoms with Crippen molar-refractivity contribution in [3.05, 3.63) is 25.0 Å². The Kier molecular flexibility index (Phi) is 2.31. The Balaban J connectivity index is 2.58. The second-order valence-corrected chi connectivity index (χ2v) is 8.24. The fraction of sp³-hybridized carbons (Fsp3) is 0. The summed E-state index contributed by atoms with van der Waals surface area (Å²) in [6.07, 6.45) is 1.95. The number of nitrogens with zero attached hydrogens (tertiary/aromatic N) is 1. The predicted octanol–water partition coefficient (Wildman–Crippen LogP) is 4.88. The maximum absolute atomic E-state index is 4.43. The Labute approximate surface area is 110 Å². The fourth-order valence-electron chi connectivity index (χ4n) is 1.40. The summed E-state index contributed by atoms with van der Waals surface area (Å²) in [4.78, 5) is 4.43. The van der Waals surface area contributed by atoms with Gasteiger partial charge < -0.3 is 0 Å². The summed E-state index contributed by atoms with van der Waals surface area (Å²) in [7, 11) is 0. The highest BCUT2D eigenvalue weighted by Crippen LogP contribution is 2.38. The maximum atomic E-state index is 4.43. The van der Waals surface area contributed by atoms with Crippen molar-refractivity contribution >= 4 is 81.5 Å². The molecule has 0 saturated heterocycles. The normalized spacial score (nSPS) is 11.6. The monoisotopic (exact) mass is 395 g/mol. The second-order valence-electron chi connectivity index (χ2n) is 2.86. The van der Waals surface area contributed by atoms with Crippen molar-refractivity contribution in [2.45, 2.75) is 0 Å². The first-order valence-electron chi connectivity index (χ1n) is 3.87. The molecular weight excluding hydrogens is 393 g/mol. The van der Waals surface area contributed by atoms with Crippen LogP contribution in [0.2, 0.25) is 0 Å². The molecule has 0 atom stereocenters. The number of rotatable bonds is 0. The molecule has 3 heterocycles. The third kappa shape index (κ3) is 1.41. The average molecular weight is 396 g/mol. The van der Waals surface area contributed by atoms with Crippen LogP contribution in [-0.4, -0.2) is 4.98 Å². The van der Waals surface area contributed by atoms with Crippen LogP contribution in [0.5, 0.6) is 0 Å². The van der Waals surface area contributed by atoms with Gasteiger partial charge in [0.2, 0.25) is 0 Å². The zero-order valence-corrected chi connectivity index (χ0v) is 12.1. The zero-order chi connectivity index (χ0) is 9.71. The van der Waals surface area contributed by atoms with E-state index in [1.165, 1.54) is 21.5 Å². The van der Waals surface area contributed by atoms with Crippen LogP contribution in [0, 0.1) is 2.88 Å². The minimum Gasteiger partial charge on any atom is -0.255 e. The van der Waals surface area contributed by atoms with Crippen LogP contribution in [0.4, 0.5) is 0 Å². The minimum atomic E-state index is 1.11. The van der Waals surface area contributed by atoms with E-state index in [2.05, 4.69) is 55.6 Å². The van der Waals surface area contributed by atoms with E-state index in [4.69, 9.17) is 0 Å². The van der Waals surface area contributed by atoms with Crippen LogP contribution in [0.25, 0.3) is 20.3 Å². The lowest BCUT2D eigenvalue weighted by atomic mass is 10.3. The molecule has 3 rings (SSSR count). The highest BCUT2D eigenvalue weighted by atomic mass is 127. The summed E-state index contributed by atoms with van der Waals surface area (Å²) in [5.41, 5.74) is 1.11. The van der Waals surface area contributed by atoms with Gasteiger partial charge in [-0.1, -0.05) is 0 Å². The molecule has 0 N–H and O–H groups in total. The van der Waals surface area contributed by atoms with Crippen molar-refractivity contribution < 1.29 is 0 Å². The summed E-state index contributed by atoms with van der Waals surface area (Å²) in [6.45, 7) is 0. The van der Waals surface area contributed by atoms with Gasteiger partial charge in [-0.2, -0.15) is 0 Å². The first kappa shape index (κ1) is 9.50. The quantitative estimate of drug-likeness (QED) is 0.494. The lowest BCUT2D eigenvalue weighted by Gasteiger charge is -1.89. The molecule has 0 bridgehead atoms. The van der Waals surface area contributed by atoms with Gasteiger partial charge in [0.15, 0.2) is 0 Å². The second kappa shape index (κ2) is 3.40. The van der Waals surface area contributed by atoms with Gasteiger partial charge in [-0.15, -0.1) is 22.7 Å². The van der Waals surface area contributed by atoms with Gasteiger partial charge in [-0.3, -0.25) is 4.98 Å². The Hall–Kier alpha value is 0.280. The Bertz CT molecular complexity index is 573. The number of fused-ring (bicyclic) bond motifs is 3. The lowest BCUT2D eigenvalue weighted by molar-refractivity contribution is 1.46. The van der Waals surface area contributed by atoms with E-state index < -0.39 is 0 Å². The van der Waals surface area contributed by atoms with Gasteiger partial charge in [-0.05, 0) is 50.7 Å². The number of hydrogen-bond donors (Lipinski definition) is 0. The van der Waals surface area contributed by atoms with Crippen molar-refractivity contribution in [2.75, 3.05) is 0 Å². The van der Waals surface area contributed by atoms with E-state index in [-0.39, 0.29) is 0 Å². The van der Waals surface area contributed by atoms with E-state index in [0.29, 0.717) is 0 Å². The summed E-state index contributed by atoms with van der Waals surface area (Å²) >= 11 is 9.44. The number of thiophene rings is 2. The number of halogens is 2. The summed E-state index contributed by atoms with van der Waals surface area (Å²) in [5, 5.41) is 1.23. The molecule has 0 unspecified atom stereocenters. The third-order valence-corrected chi connectivity index (χ3v) is 5.66. The minimum absolute atomic E-state index is 1.11. The van der Waals surface area contributed by atoms with Crippen LogP contribution in [0.3, 0.4) is 0 Å². The van der Waals surface area contributed by atoms with Crippen LogP contribution < -0.4 is 0 Å². The highest BCUT2D eigenvalue weighted by Gasteiger charge is 2.08. The van der Waals surface area contributed by atoms with Crippen molar-refractivity contribution in [3.63, 3.8) is 0 Å². The smallest absolute Gasteiger partial charge is 0.0835 e. The lowest BCUT2D eigenvalue weighted by Crippen LogP contribution is -1.70. The molecule has 5 heteroatoms. The molecule has 1 nitrogen and oxygen atoms in total. The van der Waals surface area contributed by atoms with Gasteiger partial charge >= 0.3 is 0 Å². The van der Waals surface area contributed by atoms with Crippen molar-refractivity contribution in [3.8, 4) is 0 Å². The topological polar surface area (TPSA) is 12.9 Å². The standard InChI is InChI=1S/C9H3BrINS2/c10-6-1-4-3-12-5-2-7(11)14-9(5)8(4)13-6/h1-3H. The highest BCUT2D eigenvalue weighted by molar-refractivity contribution is 14.1. The summed E-state index contributed by atoms with van der Waals surface area (Å²) < 4.78 is 5.12. The van der Waals surface area contributed by atoms with Crippen LogP contribution >= 0.6 is 61.2 Å². The largest absolute Gasteiger partial charge is 0.255 e. The molecule has 0 spiro atoms. The first-order chi connectivity index (χ1) is 6.74. The maximum Gasteiger partial charge on any atom is 0.0835 e. The average Bonchev–Trinajstić information content (AvgIpc) is 2.65. The van der Waals surface area contributed by atoms with Gasteiger partial charge in [-0.25, -0.2) is 0 Å². The molecule has 0 radical (unpaired) electrons. The molecule has 0 amide bonds. The molecule has 0 aromatic carbocycles. The molecule has 3 aromatic rings. The zero-order valence-electron chi connectivity index (χ0n) is 6.75. The molecule has 0 fully saturated rings. The molecule has 3 aromatic heterocycles. The molecule has 14 heavy (non-hydrogen) atoms. The van der Waals surface area contributed by atoms with E-state index in [9.17, 15) is 0 Å². The molecule has 70 valence electrons. The summed E-state index contributed by atoms with van der Waals surface area (Å²) in [6, 6.07) is 4.26. The van der Waals surface area contributed by atoms with Gasteiger partial charge in [0.1, 0.15) is 0 Å². The molecular formula is C9H3BrINS2. The van der Waals surface area contributed by atoms with Crippen molar-refractivity contribution in [1.82, 2.24) is 4.98 Å². The Morgan fingerprint density at radius 1 is 1.21 bits per heavy atom. The van der Waals surface area contributed by atoms with Gasteiger partial charge in [0.25, 0.3) is 0 Å². The SMILES string of the molecule is Brc1cc2cnc3cc(I)sc3c2s1. The molecule has 0 aliphatic carbocycles. The predicted molar refractivity (Wildman–Crippen MR) is 75.4 cm³/mol. The molecule has 0 aliphatic rings. The van der Waals surface area contributed by atoms with E-state index in [0.717, 1.165) is 5.52 Å². The van der Waals surface area contributed by atoms with Gasteiger partial charge in [0.05, 0.1) is 21.6 Å². The van der Waals surface area contributed by atoms with Crippen molar-refractivity contribution in [1.29, 1.82) is 0 Å². The molecule has 0 saturated carbocycles. The fourth-order valence-corrected chi connectivity index (χ4v) is 4.93. The van der Waals surface area contributed by atoms with Crippen LogP contribution in [0.15, 0.2) is 22.1 Å². The Morgan fingerprint density at radius 3 is 2.93 bits per heavy atom.